The fraction of sp³-hybridized carbons (Fsp3) is 0.357. The third kappa shape index (κ3) is 3.60. The molecule has 0 aromatic carbocycles. The van der Waals surface area contributed by atoms with E-state index in [1.54, 1.807) is 24.5 Å². The van der Waals surface area contributed by atoms with Crippen molar-refractivity contribution in [3.8, 4) is 0 Å². The highest BCUT2D eigenvalue weighted by Crippen LogP contribution is 2.09. The van der Waals surface area contributed by atoms with Crippen LogP contribution >= 0.6 is 0 Å². The third-order valence-electron chi connectivity index (χ3n) is 2.64. The number of aromatic nitrogens is 1. The first kappa shape index (κ1) is 12.6. The summed E-state index contributed by atoms with van der Waals surface area (Å²) in [6.45, 7) is 4.54. The molecule has 0 aliphatic heterocycles. The van der Waals surface area contributed by atoms with Gasteiger partial charge in [0.25, 0.3) is 0 Å². The second kappa shape index (κ2) is 6.21. The summed E-state index contributed by atoms with van der Waals surface area (Å²) >= 11 is 0. The van der Waals surface area contributed by atoms with Gasteiger partial charge in [-0.3, -0.25) is 4.79 Å². The van der Waals surface area contributed by atoms with Crippen LogP contribution in [0.5, 0.6) is 0 Å². The molecule has 18 heavy (non-hydrogen) atoms. The van der Waals surface area contributed by atoms with E-state index in [0.717, 1.165) is 31.0 Å². The molecule has 0 bridgehead atoms. The molecule has 0 aliphatic carbocycles. The van der Waals surface area contributed by atoms with Crippen molar-refractivity contribution in [1.29, 1.82) is 0 Å². The van der Waals surface area contributed by atoms with Gasteiger partial charge < -0.3 is 14.3 Å². The standard InChI is InChI=1S/C14H18N2O2/c1-2-7-15-10-13-3-4-14(18-13)11-16-8-5-12(17)6-9-16/h3-6,8-9,15H,2,7,10-11H2,1H3. The first-order chi connectivity index (χ1) is 8.78. The zero-order valence-corrected chi connectivity index (χ0v) is 10.6. The third-order valence-corrected chi connectivity index (χ3v) is 2.64. The number of rotatable bonds is 6. The van der Waals surface area contributed by atoms with Gasteiger partial charge in [0.2, 0.25) is 0 Å². The first-order valence-electron chi connectivity index (χ1n) is 6.22. The Kier molecular flexibility index (Phi) is 4.36. The minimum absolute atomic E-state index is 0.0233. The van der Waals surface area contributed by atoms with Gasteiger partial charge in [-0.1, -0.05) is 6.92 Å². The van der Waals surface area contributed by atoms with Crippen LogP contribution in [0.4, 0.5) is 0 Å². The maximum atomic E-state index is 11.0. The molecule has 96 valence electrons. The molecule has 4 heteroatoms. The van der Waals surface area contributed by atoms with E-state index in [9.17, 15) is 4.79 Å². The topological polar surface area (TPSA) is 47.2 Å². The summed E-state index contributed by atoms with van der Waals surface area (Å²) in [6.07, 6.45) is 4.64. The minimum atomic E-state index is 0.0233. The van der Waals surface area contributed by atoms with Crippen LogP contribution in [0.2, 0.25) is 0 Å². The van der Waals surface area contributed by atoms with Gasteiger partial charge in [-0.15, -0.1) is 0 Å². The summed E-state index contributed by atoms with van der Waals surface area (Å²) < 4.78 is 7.62. The van der Waals surface area contributed by atoms with E-state index in [0.29, 0.717) is 6.54 Å². The highest BCUT2D eigenvalue weighted by molar-refractivity contribution is 5.08. The minimum Gasteiger partial charge on any atom is -0.463 e. The lowest BCUT2D eigenvalue weighted by Gasteiger charge is -2.03. The van der Waals surface area contributed by atoms with Crippen LogP contribution in [-0.4, -0.2) is 11.1 Å². The molecule has 2 aromatic rings. The maximum Gasteiger partial charge on any atom is 0.181 e. The Labute approximate surface area is 106 Å². The molecule has 0 atom stereocenters. The van der Waals surface area contributed by atoms with E-state index < -0.39 is 0 Å². The van der Waals surface area contributed by atoms with Crippen molar-refractivity contribution in [3.05, 3.63) is 58.4 Å². The van der Waals surface area contributed by atoms with E-state index in [2.05, 4.69) is 12.2 Å². The lowest BCUT2D eigenvalue weighted by atomic mass is 10.4. The highest BCUT2D eigenvalue weighted by Gasteiger charge is 2.01. The van der Waals surface area contributed by atoms with Gasteiger partial charge in [0, 0.05) is 24.5 Å². The lowest BCUT2D eigenvalue weighted by Crippen LogP contribution is -2.13. The van der Waals surface area contributed by atoms with Crippen LogP contribution in [0.15, 0.2) is 45.9 Å². The summed E-state index contributed by atoms with van der Waals surface area (Å²) in [5.41, 5.74) is 0.0233. The molecule has 0 saturated heterocycles. The zero-order valence-electron chi connectivity index (χ0n) is 10.6. The van der Waals surface area contributed by atoms with Gasteiger partial charge in [0.1, 0.15) is 11.5 Å². The van der Waals surface area contributed by atoms with Crippen molar-refractivity contribution in [2.24, 2.45) is 0 Å². The lowest BCUT2D eigenvalue weighted by molar-refractivity contribution is 0.437. The Morgan fingerprint density at radius 2 is 1.89 bits per heavy atom. The molecule has 2 heterocycles. The van der Waals surface area contributed by atoms with Gasteiger partial charge in [-0.05, 0) is 25.1 Å². The van der Waals surface area contributed by atoms with Gasteiger partial charge in [-0.2, -0.15) is 0 Å². The summed E-state index contributed by atoms with van der Waals surface area (Å²) in [5, 5.41) is 3.29. The Morgan fingerprint density at radius 3 is 2.61 bits per heavy atom. The van der Waals surface area contributed by atoms with Crippen molar-refractivity contribution in [1.82, 2.24) is 9.88 Å². The molecule has 0 radical (unpaired) electrons. The van der Waals surface area contributed by atoms with Gasteiger partial charge in [0.15, 0.2) is 5.43 Å². The van der Waals surface area contributed by atoms with E-state index in [1.165, 1.54) is 0 Å². The molecule has 1 N–H and O–H groups in total. The number of hydrogen-bond acceptors (Lipinski definition) is 3. The molecule has 2 aromatic heterocycles. The second-order valence-corrected chi connectivity index (χ2v) is 4.25. The Bertz CT molecular complexity index is 522. The maximum absolute atomic E-state index is 11.0. The van der Waals surface area contributed by atoms with Crippen LogP contribution in [0, 0.1) is 0 Å². The van der Waals surface area contributed by atoms with Crippen molar-refractivity contribution in [3.63, 3.8) is 0 Å². The molecule has 0 spiro atoms. The molecule has 0 fully saturated rings. The molecule has 2 rings (SSSR count). The zero-order chi connectivity index (χ0) is 12.8. The molecular weight excluding hydrogens is 228 g/mol. The predicted molar refractivity (Wildman–Crippen MR) is 70.5 cm³/mol. The largest absolute Gasteiger partial charge is 0.463 e. The smallest absolute Gasteiger partial charge is 0.181 e. The van der Waals surface area contributed by atoms with Crippen LogP contribution in [0.3, 0.4) is 0 Å². The first-order valence-corrected chi connectivity index (χ1v) is 6.22. The van der Waals surface area contributed by atoms with Crippen LogP contribution in [0.1, 0.15) is 24.9 Å². The predicted octanol–water partition coefficient (Wildman–Crippen LogP) is 1.99. The number of nitrogens with zero attached hydrogens (tertiary/aromatic N) is 1. The fourth-order valence-corrected chi connectivity index (χ4v) is 1.72. The number of hydrogen-bond donors (Lipinski definition) is 1. The molecule has 0 amide bonds. The molecule has 0 saturated carbocycles. The number of nitrogens with one attached hydrogen (secondary N) is 1. The number of pyridine rings is 1. The van der Waals surface area contributed by atoms with Crippen molar-refractivity contribution in [2.75, 3.05) is 6.54 Å². The van der Waals surface area contributed by atoms with Crippen LogP contribution in [0.25, 0.3) is 0 Å². The van der Waals surface area contributed by atoms with Gasteiger partial charge in [0.05, 0.1) is 13.1 Å². The fourth-order valence-electron chi connectivity index (χ4n) is 1.72. The monoisotopic (exact) mass is 246 g/mol. The quantitative estimate of drug-likeness (QED) is 0.793. The molecular formula is C14H18N2O2. The average Bonchev–Trinajstić information content (AvgIpc) is 2.80. The summed E-state index contributed by atoms with van der Waals surface area (Å²) in [4.78, 5) is 11.0. The SMILES string of the molecule is CCCNCc1ccc(Cn2ccc(=O)cc2)o1. The molecule has 0 unspecified atom stereocenters. The normalized spacial score (nSPS) is 10.7. The Hall–Kier alpha value is -1.81. The van der Waals surface area contributed by atoms with Crippen molar-refractivity contribution >= 4 is 0 Å². The van der Waals surface area contributed by atoms with Crippen LogP contribution < -0.4 is 10.7 Å². The highest BCUT2D eigenvalue weighted by atomic mass is 16.3. The van der Waals surface area contributed by atoms with E-state index in [4.69, 9.17) is 4.42 Å². The second-order valence-electron chi connectivity index (χ2n) is 4.25. The van der Waals surface area contributed by atoms with Crippen molar-refractivity contribution in [2.45, 2.75) is 26.4 Å². The van der Waals surface area contributed by atoms with Gasteiger partial charge in [-0.25, -0.2) is 0 Å². The average molecular weight is 246 g/mol. The summed E-state index contributed by atoms with van der Waals surface area (Å²) in [7, 11) is 0. The summed E-state index contributed by atoms with van der Waals surface area (Å²) in [5.74, 6) is 1.84. The van der Waals surface area contributed by atoms with E-state index in [-0.39, 0.29) is 5.43 Å². The Morgan fingerprint density at radius 1 is 1.17 bits per heavy atom. The Balaban J connectivity index is 1.93. The van der Waals surface area contributed by atoms with Crippen LogP contribution in [-0.2, 0) is 13.1 Å². The molecule has 0 aliphatic rings. The van der Waals surface area contributed by atoms with E-state index in [1.807, 2.05) is 16.7 Å². The van der Waals surface area contributed by atoms with E-state index >= 15 is 0 Å². The van der Waals surface area contributed by atoms with Crippen molar-refractivity contribution < 1.29 is 4.42 Å². The van der Waals surface area contributed by atoms with Gasteiger partial charge >= 0.3 is 0 Å². The summed E-state index contributed by atoms with van der Waals surface area (Å²) in [6, 6.07) is 7.06. The number of furan rings is 1. The molecule has 4 nitrogen and oxygen atoms in total.